The molecule has 132 valence electrons. The van der Waals surface area contributed by atoms with E-state index in [2.05, 4.69) is 15.3 Å². The molecule has 6 heteroatoms. The Hall–Kier alpha value is -2.92. The Morgan fingerprint density at radius 2 is 1.85 bits per heavy atom. The molecular formula is C20H19ClN4O. The summed E-state index contributed by atoms with van der Waals surface area (Å²) in [5.74, 6) is 0.193. The second-order valence-electron chi connectivity index (χ2n) is 5.74. The number of hydrogen-bond acceptors (Lipinski definition) is 4. The van der Waals surface area contributed by atoms with Crippen molar-refractivity contribution in [2.24, 2.45) is 0 Å². The van der Waals surface area contributed by atoms with Gasteiger partial charge in [-0.1, -0.05) is 35.9 Å². The van der Waals surface area contributed by atoms with Gasteiger partial charge >= 0.3 is 0 Å². The molecular weight excluding hydrogens is 348 g/mol. The molecule has 0 saturated heterocycles. The number of carbonyl (C=O) groups excluding carboxylic acids is 1. The first-order chi connectivity index (χ1) is 12.6. The van der Waals surface area contributed by atoms with E-state index in [0.29, 0.717) is 28.9 Å². The van der Waals surface area contributed by atoms with Crippen LogP contribution in [0.4, 0.5) is 17.3 Å². The van der Waals surface area contributed by atoms with Crippen LogP contribution >= 0.6 is 11.6 Å². The first kappa shape index (κ1) is 17.9. The maximum absolute atomic E-state index is 12.6. The van der Waals surface area contributed by atoms with Crippen molar-refractivity contribution in [3.05, 3.63) is 77.1 Å². The van der Waals surface area contributed by atoms with Gasteiger partial charge in [0.05, 0.1) is 0 Å². The summed E-state index contributed by atoms with van der Waals surface area (Å²) in [6.45, 7) is 4.55. The van der Waals surface area contributed by atoms with Crippen molar-refractivity contribution in [2.45, 2.75) is 13.8 Å². The van der Waals surface area contributed by atoms with E-state index in [1.165, 1.54) is 0 Å². The van der Waals surface area contributed by atoms with Gasteiger partial charge in [-0.15, -0.1) is 0 Å². The molecule has 0 aliphatic heterocycles. The van der Waals surface area contributed by atoms with Gasteiger partial charge in [0, 0.05) is 28.6 Å². The fourth-order valence-corrected chi connectivity index (χ4v) is 2.79. The predicted molar refractivity (Wildman–Crippen MR) is 105 cm³/mol. The monoisotopic (exact) mass is 366 g/mol. The zero-order valence-corrected chi connectivity index (χ0v) is 15.4. The van der Waals surface area contributed by atoms with E-state index in [4.69, 9.17) is 11.6 Å². The van der Waals surface area contributed by atoms with Crippen LogP contribution in [0, 0.1) is 6.92 Å². The van der Waals surface area contributed by atoms with Crippen molar-refractivity contribution in [1.82, 2.24) is 9.97 Å². The molecule has 0 saturated carbocycles. The van der Waals surface area contributed by atoms with Gasteiger partial charge in [0.1, 0.15) is 5.69 Å². The molecule has 3 rings (SSSR count). The van der Waals surface area contributed by atoms with Crippen LogP contribution in [-0.4, -0.2) is 22.4 Å². The third-order valence-electron chi connectivity index (χ3n) is 3.78. The smallest absolute Gasteiger partial charge is 0.274 e. The summed E-state index contributed by atoms with van der Waals surface area (Å²) in [6.07, 6.45) is 0. The van der Waals surface area contributed by atoms with E-state index in [1.807, 2.05) is 49.1 Å². The minimum absolute atomic E-state index is 0.303. The number of aromatic nitrogens is 2. The lowest BCUT2D eigenvalue weighted by Crippen LogP contribution is -2.22. The van der Waals surface area contributed by atoms with Gasteiger partial charge in [-0.3, -0.25) is 4.79 Å². The number of benzene rings is 2. The summed E-state index contributed by atoms with van der Waals surface area (Å²) in [6, 6.07) is 18.5. The number of halogens is 1. The van der Waals surface area contributed by atoms with Gasteiger partial charge in [-0.25, -0.2) is 9.97 Å². The van der Waals surface area contributed by atoms with E-state index in [1.54, 1.807) is 30.3 Å². The van der Waals surface area contributed by atoms with E-state index < -0.39 is 0 Å². The number of hydrogen-bond donors (Lipinski definition) is 1. The first-order valence-electron chi connectivity index (χ1n) is 8.32. The predicted octanol–water partition coefficient (Wildman–Crippen LogP) is 4.85. The molecule has 0 unspecified atom stereocenters. The van der Waals surface area contributed by atoms with Crippen LogP contribution in [0.25, 0.3) is 0 Å². The van der Waals surface area contributed by atoms with Crippen molar-refractivity contribution in [1.29, 1.82) is 0 Å². The zero-order chi connectivity index (χ0) is 18.5. The average Bonchev–Trinajstić information content (AvgIpc) is 2.63. The van der Waals surface area contributed by atoms with Crippen LogP contribution < -0.4 is 10.2 Å². The zero-order valence-electron chi connectivity index (χ0n) is 14.6. The number of aryl methyl sites for hydroxylation is 1. The molecule has 2 aromatic carbocycles. The summed E-state index contributed by atoms with van der Waals surface area (Å²) in [5.41, 5.74) is 2.63. The summed E-state index contributed by atoms with van der Waals surface area (Å²) in [4.78, 5) is 23.5. The highest BCUT2D eigenvalue weighted by atomic mass is 35.5. The molecule has 5 nitrogen and oxygen atoms in total. The van der Waals surface area contributed by atoms with Crippen LogP contribution in [0.1, 0.15) is 23.1 Å². The molecule has 0 aliphatic carbocycles. The lowest BCUT2D eigenvalue weighted by atomic mass is 10.2. The molecule has 0 spiro atoms. The van der Waals surface area contributed by atoms with Crippen LogP contribution in [0.3, 0.4) is 0 Å². The highest BCUT2D eigenvalue weighted by molar-refractivity contribution is 6.30. The minimum Gasteiger partial charge on any atom is -0.321 e. The van der Waals surface area contributed by atoms with Gasteiger partial charge in [-0.2, -0.15) is 0 Å². The fraction of sp³-hybridized carbons (Fsp3) is 0.150. The Morgan fingerprint density at radius 3 is 2.54 bits per heavy atom. The van der Waals surface area contributed by atoms with Crippen LogP contribution in [0.5, 0.6) is 0 Å². The number of carbonyl (C=O) groups is 1. The Kier molecular flexibility index (Phi) is 5.49. The van der Waals surface area contributed by atoms with Gasteiger partial charge < -0.3 is 10.2 Å². The third-order valence-corrected chi connectivity index (χ3v) is 4.02. The SMILES string of the molecule is CCN(c1ccccc1)c1nc(C)cc(C(=O)Nc2cccc(Cl)c2)n1. The Bertz CT molecular complexity index is 915. The maximum Gasteiger partial charge on any atom is 0.274 e. The van der Waals surface area contributed by atoms with Gasteiger partial charge in [-0.05, 0) is 50.2 Å². The molecule has 1 amide bonds. The lowest BCUT2D eigenvalue weighted by Gasteiger charge is -2.21. The van der Waals surface area contributed by atoms with Crippen molar-refractivity contribution in [3.8, 4) is 0 Å². The standard InChI is InChI=1S/C20H19ClN4O/c1-3-25(17-10-5-4-6-11-17)20-22-14(2)12-18(24-20)19(26)23-16-9-7-8-15(21)13-16/h4-13H,3H2,1-2H3,(H,23,26). The Morgan fingerprint density at radius 1 is 1.08 bits per heavy atom. The molecule has 1 N–H and O–H groups in total. The average molecular weight is 367 g/mol. The largest absolute Gasteiger partial charge is 0.321 e. The quantitative estimate of drug-likeness (QED) is 0.701. The number of anilines is 3. The number of para-hydroxylation sites is 1. The number of amides is 1. The van der Waals surface area contributed by atoms with Gasteiger partial charge in [0.25, 0.3) is 5.91 Å². The third kappa shape index (κ3) is 4.18. The van der Waals surface area contributed by atoms with Gasteiger partial charge in [0.15, 0.2) is 0 Å². The molecule has 1 heterocycles. The van der Waals surface area contributed by atoms with E-state index >= 15 is 0 Å². The highest BCUT2D eigenvalue weighted by Gasteiger charge is 2.15. The number of nitrogens with zero attached hydrogens (tertiary/aromatic N) is 3. The minimum atomic E-state index is -0.303. The normalized spacial score (nSPS) is 10.4. The van der Waals surface area contributed by atoms with Crippen molar-refractivity contribution < 1.29 is 4.79 Å². The summed E-state index contributed by atoms with van der Waals surface area (Å²) in [7, 11) is 0. The number of nitrogens with one attached hydrogen (secondary N) is 1. The molecule has 0 bridgehead atoms. The molecule has 0 fully saturated rings. The summed E-state index contributed by atoms with van der Waals surface area (Å²) < 4.78 is 0. The van der Waals surface area contributed by atoms with Crippen molar-refractivity contribution >= 4 is 34.8 Å². The molecule has 26 heavy (non-hydrogen) atoms. The molecule has 0 atom stereocenters. The van der Waals surface area contributed by atoms with Crippen molar-refractivity contribution in [3.63, 3.8) is 0 Å². The molecule has 3 aromatic rings. The maximum atomic E-state index is 12.6. The van der Waals surface area contributed by atoms with E-state index in [0.717, 1.165) is 11.4 Å². The summed E-state index contributed by atoms with van der Waals surface area (Å²) in [5, 5.41) is 3.38. The lowest BCUT2D eigenvalue weighted by molar-refractivity contribution is 0.102. The number of rotatable bonds is 5. The fourth-order valence-electron chi connectivity index (χ4n) is 2.60. The first-order valence-corrected chi connectivity index (χ1v) is 8.70. The van der Waals surface area contributed by atoms with Crippen molar-refractivity contribution in [2.75, 3.05) is 16.8 Å². The second-order valence-corrected chi connectivity index (χ2v) is 6.18. The van der Waals surface area contributed by atoms with Crippen LogP contribution in [-0.2, 0) is 0 Å². The summed E-state index contributed by atoms with van der Waals surface area (Å²) >= 11 is 5.97. The Balaban J connectivity index is 1.90. The Labute approximate surface area is 157 Å². The second kappa shape index (κ2) is 7.97. The highest BCUT2D eigenvalue weighted by Crippen LogP contribution is 2.22. The van der Waals surface area contributed by atoms with Gasteiger partial charge in [0.2, 0.25) is 5.95 Å². The van der Waals surface area contributed by atoms with E-state index in [9.17, 15) is 4.79 Å². The molecule has 1 aromatic heterocycles. The molecule has 0 radical (unpaired) electrons. The topological polar surface area (TPSA) is 58.1 Å². The van der Waals surface area contributed by atoms with Crippen LogP contribution in [0.2, 0.25) is 5.02 Å². The van der Waals surface area contributed by atoms with E-state index in [-0.39, 0.29) is 5.91 Å². The van der Waals surface area contributed by atoms with Crippen LogP contribution in [0.15, 0.2) is 60.7 Å². The molecule has 0 aliphatic rings.